The lowest BCUT2D eigenvalue weighted by Crippen LogP contribution is -2.37. The Morgan fingerprint density at radius 3 is 2.58 bits per heavy atom. The first kappa shape index (κ1) is 24.7. The summed E-state index contributed by atoms with van der Waals surface area (Å²) in [7, 11) is 2.02. The van der Waals surface area contributed by atoms with Crippen LogP contribution in [0.5, 0.6) is 5.75 Å². The molecule has 0 aliphatic carbocycles. The zero-order chi connectivity index (χ0) is 22.6. The van der Waals surface area contributed by atoms with E-state index in [0.717, 1.165) is 42.4 Å². The van der Waals surface area contributed by atoms with Crippen LogP contribution in [0.4, 0.5) is 0 Å². The Hall–Kier alpha value is -2.54. The molecule has 2 rings (SSSR count). The molecule has 0 aliphatic heterocycles. The molecule has 0 fully saturated rings. The van der Waals surface area contributed by atoms with Gasteiger partial charge in [0.05, 0.1) is 18.8 Å². The van der Waals surface area contributed by atoms with Crippen LogP contribution in [0, 0.1) is 6.92 Å². The zero-order valence-electron chi connectivity index (χ0n) is 20.0. The molecular formula is C24H39N5O2. The maximum atomic E-state index is 5.96. The number of rotatable bonds is 12. The van der Waals surface area contributed by atoms with Crippen LogP contribution in [0.25, 0.3) is 0 Å². The van der Waals surface area contributed by atoms with Gasteiger partial charge < -0.3 is 20.1 Å². The number of nitrogens with one attached hydrogen (secondary N) is 2. The van der Waals surface area contributed by atoms with Crippen molar-refractivity contribution in [1.82, 2.24) is 20.4 Å². The predicted molar refractivity (Wildman–Crippen MR) is 127 cm³/mol. The van der Waals surface area contributed by atoms with Crippen LogP contribution in [0.15, 0.2) is 23.2 Å². The molecule has 0 unspecified atom stereocenters. The van der Waals surface area contributed by atoms with E-state index in [1.165, 1.54) is 16.8 Å². The molecule has 0 amide bonds. The van der Waals surface area contributed by atoms with Crippen molar-refractivity contribution in [2.24, 2.45) is 12.0 Å². The summed E-state index contributed by atoms with van der Waals surface area (Å²) in [6.07, 6.45) is 1.88. The Morgan fingerprint density at radius 1 is 1.10 bits per heavy atom. The topological polar surface area (TPSA) is 72.7 Å². The van der Waals surface area contributed by atoms with Crippen LogP contribution >= 0.6 is 0 Å². The summed E-state index contributed by atoms with van der Waals surface area (Å²) >= 11 is 0. The summed E-state index contributed by atoms with van der Waals surface area (Å²) in [4.78, 5) is 4.81. The lowest BCUT2D eigenvalue weighted by molar-refractivity contribution is 0.110. The smallest absolute Gasteiger partial charge is 0.191 e. The SMILES string of the molecule is CCNC(=NCc1ccc(C)cc1OCCOCC)NCc1c(CC)nn(C)c1CC. The summed E-state index contributed by atoms with van der Waals surface area (Å²) < 4.78 is 13.3. The number of benzene rings is 1. The van der Waals surface area contributed by atoms with Gasteiger partial charge in [0.25, 0.3) is 0 Å². The van der Waals surface area contributed by atoms with Gasteiger partial charge in [0.2, 0.25) is 0 Å². The van der Waals surface area contributed by atoms with Gasteiger partial charge in [-0.15, -0.1) is 0 Å². The van der Waals surface area contributed by atoms with Crippen LogP contribution < -0.4 is 15.4 Å². The minimum absolute atomic E-state index is 0.535. The quantitative estimate of drug-likeness (QED) is 0.307. The van der Waals surface area contributed by atoms with E-state index in [1.807, 2.05) is 18.7 Å². The number of hydrogen-bond donors (Lipinski definition) is 2. The van der Waals surface area contributed by atoms with Crippen LogP contribution in [-0.2, 0) is 37.7 Å². The second-order valence-corrected chi connectivity index (χ2v) is 7.41. The fourth-order valence-corrected chi connectivity index (χ4v) is 3.55. The summed E-state index contributed by atoms with van der Waals surface area (Å²) in [5, 5.41) is 11.5. The molecule has 2 aromatic rings. The molecule has 31 heavy (non-hydrogen) atoms. The lowest BCUT2D eigenvalue weighted by atomic mass is 10.1. The molecule has 0 saturated heterocycles. The van der Waals surface area contributed by atoms with Gasteiger partial charge in [-0.2, -0.15) is 5.10 Å². The summed E-state index contributed by atoms with van der Waals surface area (Å²) in [5.74, 6) is 1.66. The molecule has 2 N–H and O–H groups in total. The van der Waals surface area contributed by atoms with Crippen molar-refractivity contribution in [3.63, 3.8) is 0 Å². The van der Waals surface area contributed by atoms with Crippen LogP contribution in [0.1, 0.15) is 55.8 Å². The molecule has 0 bridgehead atoms. The van der Waals surface area contributed by atoms with Crippen LogP contribution in [0.2, 0.25) is 0 Å². The minimum atomic E-state index is 0.535. The third kappa shape index (κ3) is 7.28. The van der Waals surface area contributed by atoms with Gasteiger partial charge in [0.1, 0.15) is 12.4 Å². The van der Waals surface area contributed by atoms with E-state index in [1.54, 1.807) is 0 Å². The van der Waals surface area contributed by atoms with E-state index < -0.39 is 0 Å². The van der Waals surface area contributed by atoms with Gasteiger partial charge in [0, 0.05) is 43.6 Å². The molecule has 1 heterocycles. The maximum absolute atomic E-state index is 5.96. The lowest BCUT2D eigenvalue weighted by Gasteiger charge is -2.14. The number of hydrogen-bond acceptors (Lipinski definition) is 4. The fraction of sp³-hybridized carbons (Fsp3) is 0.583. The average Bonchev–Trinajstić information content (AvgIpc) is 3.08. The van der Waals surface area contributed by atoms with Crippen molar-refractivity contribution in [1.29, 1.82) is 0 Å². The average molecular weight is 430 g/mol. The predicted octanol–water partition coefficient (Wildman–Crippen LogP) is 3.52. The number of aryl methyl sites for hydroxylation is 3. The Kier molecular flexibility index (Phi) is 10.4. The number of nitrogens with zero attached hydrogens (tertiary/aromatic N) is 3. The van der Waals surface area contributed by atoms with Gasteiger partial charge in [0.15, 0.2) is 5.96 Å². The first-order valence-electron chi connectivity index (χ1n) is 11.4. The van der Waals surface area contributed by atoms with Gasteiger partial charge in [-0.1, -0.05) is 26.0 Å². The van der Waals surface area contributed by atoms with Gasteiger partial charge in [-0.05, 0) is 45.2 Å². The molecule has 1 aromatic carbocycles. The Bertz CT molecular complexity index is 845. The van der Waals surface area contributed by atoms with Gasteiger partial charge in [-0.3, -0.25) is 4.68 Å². The Labute approximate surface area is 187 Å². The van der Waals surface area contributed by atoms with Crippen molar-refractivity contribution in [2.45, 2.75) is 60.5 Å². The Morgan fingerprint density at radius 2 is 1.90 bits per heavy atom. The first-order valence-corrected chi connectivity index (χ1v) is 11.4. The van der Waals surface area contributed by atoms with Gasteiger partial charge >= 0.3 is 0 Å². The highest BCUT2D eigenvalue weighted by molar-refractivity contribution is 5.79. The zero-order valence-corrected chi connectivity index (χ0v) is 20.0. The molecule has 7 heteroatoms. The molecule has 172 valence electrons. The highest BCUT2D eigenvalue weighted by atomic mass is 16.5. The van der Waals surface area contributed by atoms with E-state index in [2.05, 4.69) is 61.6 Å². The molecule has 7 nitrogen and oxygen atoms in total. The second-order valence-electron chi connectivity index (χ2n) is 7.41. The summed E-state index contributed by atoms with van der Waals surface area (Å²) in [6.45, 7) is 14.3. The molecule has 1 aromatic heterocycles. The highest BCUT2D eigenvalue weighted by Crippen LogP contribution is 2.21. The summed E-state index contributed by atoms with van der Waals surface area (Å²) in [5.41, 5.74) is 5.91. The van der Waals surface area contributed by atoms with Crippen molar-refractivity contribution >= 4 is 5.96 Å². The number of aromatic nitrogens is 2. The van der Waals surface area contributed by atoms with E-state index >= 15 is 0 Å². The van der Waals surface area contributed by atoms with Crippen molar-refractivity contribution in [3.8, 4) is 5.75 Å². The van der Waals surface area contributed by atoms with E-state index in [0.29, 0.717) is 32.9 Å². The fourth-order valence-electron chi connectivity index (χ4n) is 3.55. The van der Waals surface area contributed by atoms with Crippen molar-refractivity contribution in [3.05, 3.63) is 46.3 Å². The third-order valence-corrected chi connectivity index (χ3v) is 5.12. The maximum Gasteiger partial charge on any atom is 0.191 e. The third-order valence-electron chi connectivity index (χ3n) is 5.12. The molecule has 0 saturated carbocycles. The minimum Gasteiger partial charge on any atom is -0.491 e. The normalized spacial score (nSPS) is 11.6. The van der Waals surface area contributed by atoms with Crippen molar-refractivity contribution < 1.29 is 9.47 Å². The number of guanidine groups is 1. The van der Waals surface area contributed by atoms with Crippen LogP contribution in [-0.4, -0.2) is 42.1 Å². The highest BCUT2D eigenvalue weighted by Gasteiger charge is 2.14. The van der Waals surface area contributed by atoms with Crippen molar-refractivity contribution in [2.75, 3.05) is 26.4 Å². The van der Waals surface area contributed by atoms with E-state index in [4.69, 9.17) is 14.5 Å². The monoisotopic (exact) mass is 429 g/mol. The molecule has 0 radical (unpaired) electrons. The largest absolute Gasteiger partial charge is 0.491 e. The molecule has 0 aliphatic rings. The molecular weight excluding hydrogens is 390 g/mol. The number of ether oxygens (including phenoxy) is 2. The Balaban J connectivity index is 2.11. The first-order chi connectivity index (χ1) is 15.0. The van der Waals surface area contributed by atoms with E-state index in [-0.39, 0.29) is 0 Å². The van der Waals surface area contributed by atoms with Gasteiger partial charge in [-0.25, -0.2) is 4.99 Å². The molecule has 0 spiro atoms. The van der Waals surface area contributed by atoms with E-state index in [9.17, 15) is 0 Å². The number of aliphatic imine (C=N–C) groups is 1. The second kappa shape index (κ2) is 13.0. The summed E-state index contributed by atoms with van der Waals surface area (Å²) in [6, 6.07) is 6.25. The standard InChI is InChI=1S/C24H39N5O2/c1-7-21-20(22(8-2)29(6)28-21)17-27-24(25-9-3)26-16-19-12-11-18(5)15-23(19)31-14-13-30-10-4/h11-12,15H,7-10,13-14,16-17H2,1-6H3,(H2,25,26,27). The molecule has 0 atom stereocenters. The van der Waals surface area contributed by atoms with Crippen LogP contribution in [0.3, 0.4) is 0 Å².